The third-order valence-electron chi connectivity index (χ3n) is 5.46. The molecule has 2 heterocycles. The van der Waals surface area contributed by atoms with Gasteiger partial charge in [-0.3, -0.25) is 19.2 Å². The monoisotopic (exact) mass is 457 g/mol. The van der Waals surface area contributed by atoms with Gasteiger partial charge < -0.3 is 31.7 Å². The van der Waals surface area contributed by atoms with Crippen molar-refractivity contribution in [3.05, 3.63) is 0 Å². The fourth-order valence-corrected chi connectivity index (χ4v) is 4.32. The minimum absolute atomic E-state index is 0.232. The summed E-state index contributed by atoms with van der Waals surface area (Å²) in [7, 11) is 0. The summed E-state index contributed by atoms with van der Waals surface area (Å²) in [5, 5.41) is 17.4. The highest BCUT2D eigenvalue weighted by molar-refractivity contribution is 7.98. The molecule has 31 heavy (non-hydrogen) atoms. The van der Waals surface area contributed by atoms with Crippen molar-refractivity contribution >= 4 is 41.4 Å². The van der Waals surface area contributed by atoms with Crippen molar-refractivity contribution in [2.75, 3.05) is 25.1 Å². The molecule has 0 aliphatic carbocycles. The molecule has 0 bridgehead atoms. The minimum atomic E-state index is -1.46. The SMILES string of the molecule is CSCCC(NC(=O)C1CCCN1)C(=O)N1CCCC1C(=O)NC(CC(N)=O)C(=O)O. The van der Waals surface area contributed by atoms with Gasteiger partial charge in [0.2, 0.25) is 23.6 Å². The van der Waals surface area contributed by atoms with Crippen molar-refractivity contribution in [2.45, 2.75) is 62.7 Å². The van der Waals surface area contributed by atoms with Gasteiger partial charge in [0, 0.05) is 6.54 Å². The van der Waals surface area contributed by atoms with Crippen LogP contribution < -0.4 is 21.7 Å². The van der Waals surface area contributed by atoms with Crippen LogP contribution in [-0.2, 0) is 24.0 Å². The number of thioether (sulfide) groups is 1. The Morgan fingerprint density at radius 2 is 1.84 bits per heavy atom. The van der Waals surface area contributed by atoms with Crippen LogP contribution in [0.25, 0.3) is 0 Å². The second-order valence-corrected chi connectivity index (χ2v) is 8.74. The molecule has 12 heteroatoms. The lowest BCUT2D eigenvalue weighted by Gasteiger charge is -2.30. The van der Waals surface area contributed by atoms with E-state index in [1.165, 1.54) is 4.90 Å². The van der Waals surface area contributed by atoms with Gasteiger partial charge in [0.25, 0.3) is 0 Å². The van der Waals surface area contributed by atoms with Gasteiger partial charge >= 0.3 is 5.97 Å². The molecular formula is C19H31N5O6S. The minimum Gasteiger partial charge on any atom is -0.480 e. The molecule has 2 saturated heterocycles. The number of hydrogen-bond donors (Lipinski definition) is 5. The summed E-state index contributed by atoms with van der Waals surface area (Å²) in [5.41, 5.74) is 5.05. The highest BCUT2D eigenvalue weighted by atomic mass is 32.2. The van der Waals surface area contributed by atoms with Crippen LogP contribution in [0.3, 0.4) is 0 Å². The molecule has 2 fully saturated rings. The van der Waals surface area contributed by atoms with Crippen molar-refractivity contribution in [2.24, 2.45) is 5.73 Å². The van der Waals surface area contributed by atoms with Gasteiger partial charge in [-0.25, -0.2) is 4.79 Å². The Kier molecular flexibility index (Phi) is 9.56. The lowest BCUT2D eigenvalue weighted by Crippen LogP contribution is -2.57. The third-order valence-corrected chi connectivity index (χ3v) is 6.10. The summed E-state index contributed by atoms with van der Waals surface area (Å²) < 4.78 is 0. The average Bonchev–Trinajstić information content (AvgIpc) is 3.41. The van der Waals surface area contributed by atoms with Crippen molar-refractivity contribution in [1.29, 1.82) is 0 Å². The summed E-state index contributed by atoms with van der Waals surface area (Å²) in [6, 6.07) is -3.41. The average molecular weight is 458 g/mol. The normalized spacial score (nSPS) is 22.5. The van der Waals surface area contributed by atoms with Crippen LogP contribution in [0.15, 0.2) is 0 Å². The number of amides is 4. The van der Waals surface area contributed by atoms with Crippen LogP contribution in [-0.4, -0.2) is 88.9 Å². The van der Waals surface area contributed by atoms with E-state index < -0.39 is 42.3 Å². The Labute approximate surface area is 185 Å². The summed E-state index contributed by atoms with van der Waals surface area (Å²) in [5.74, 6) is -2.82. The lowest BCUT2D eigenvalue weighted by molar-refractivity contribution is -0.145. The van der Waals surface area contributed by atoms with Crippen molar-refractivity contribution in [3.63, 3.8) is 0 Å². The van der Waals surface area contributed by atoms with E-state index in [4.69, 9.17) is 5.73 Å². The van der Waals surface area contributed by atoms with Gasteiger partial charge in [-0.15, -0.1) is 0 Å². The Hall–Kier alpha value is -2.34. The number of carboxylic acid groups (broad SMARTS) is 1. The molecule has 4 atom stereocenters. The highest BCUT2D eigenvalue weighted by Gasteiger charge is 2.39. The standard InChI is InChI=1S/C19H31N5O6S/c1-31-9-6-12(22-16(26)11-4-2-7-21-11)18(28)24-8-3-5-14(24)17(27)23-13(19(29)30)10-15(20)25/h11-14,21H,2-10H2,1H3,(H2,20,25)(H,22,26)(H,23,27)(H,29,30). The van der Waals surface area contributed by atoms with Gasteiger partial charge in [0.1, 0.15) is 18.1 Å². The topological polar surface area (TPSA) is 171 Å². The van der Waals surface area contributed by atoms with Crippen molar-refractivity contribution < 1.29 is 29.1 Å². The summed E-state index contributed by atoms with van der Waals surface area (Å²) in [6.07, 6.45) is 4.33. The number of nitrogens with one attached hydrogen (secondary N) is 3. The number of primary amides is 1. The number of carboxylic acids is 1. The van der Waals surface area contributed by atoms with Gasteiger partial charge in [-0.1, -0.05) is 0 Å². The zero-order valence-corrected chi connectivity index (χ0v) is 18.4. The molecule has 2 rings (SSSR count). The number of nitrogens with zero attached hydrogens (tertiary/aromatic N) is 1. The van der Waals surface area contributed by atoms with Crippen LogP contribution in [0, 0.1) is 0 Å². The fourth-order valence-electron chi connectivity index (χ4n) is 3.85. The van der Waals surface area contributed by atoms with E-state index in [2.05, 4.69) is 16.0 Å². The predicted octanol–water partition coefficient (Wildman–Crippen LogP) is -1.59. The van der Waals surface area contributed by atoms with E-state index in [1.807, 2.05) is 6.26 Å². The first-order chi connectivity index (χ1) is 14.7. The van der Waals surface area contributed by atoms with Gasteiger partial charge in [-0.05, 0) is 50.7 Å². The molecule has 0 radical (unpaired) electrons. The van der Waals surface area contributed by atoms with E-state index in [0.717, 1.165) is 13.0 Å². The number of nitrogens with two attached hydrogens (primary N) is 1. The van der Waals surface area contributed by atoms with Crippen LogP contribution >= 0.6 is 11.8 Å². The van der Waals surface area contributed by atoms with Gasteiger partial charge in [-0.2, -0.15) is 11.8 Å². The number of likely N-dealkylation sites (tertiary alicyclic amines) is 1. The second kappa shape index (κ2) is 11.9. The smallest absolute Gasteiger partial charge is 0.326 e. The third kappa shape index (κ3) is 7.10. The fraction of sp³-hybridized carbons (Fsp3) is 0.737. The second-order valence-electron chi connectivity index (χ2n) is 7.75. The molecule has 2 aliphatic heterocycles. The van der Waals surface area contributed by atoms with Crippen molar-refractivity contribution in [1.82, 2.24) is 20.9 Å². The first kappa shape index (κ1) is 24.9. The molecule has 174 valence electrons. The molecule has 2 aliphatic rings. The summed E-state index contributed by atoms with van der Waals surface area (Å²) >= 11 is 1.55. The largest absolute Gasteiger partial charge is 0.480 e. The number of carbonyl (C=O) groups is 5. The molecule has 4 amide bonds. The maximum atomic E-state index is 13.2. The van der Waals surface area contributed by atoms with Gasteiger partial charge in [0.15, 0.2) is 0 Å². The molecule has 0 saturated carbocycles. The van der Waals surface area contributed by atoms with E-state index in [-0.39, 0.29) is 17.9 Å². The highest BCUT2D eigenvalue weighted by Crippen LogP contribution is 2.20. The molecule has 4 unspecified atom stereocenters. The molecule has 0 aromatic carbocycles. The van der Waals surface area contributed by atoms with Crippen molar-refractivity contribution in [3.8, 4) is 0 Å². The van der Waals surface area contributed by atoms with E-state index >= 15 is 0 Å². The van der Waals surface area contributed by atoms with E-state index in [0.29, 0.717) is 38.0 Å². The van der Waals surface area contributed by atoms with Crippen LogP contribution in [0.1, 0.15) is 38.5 Å². The summed E-state index contributed by atoms with van der Waals surface area (Å²) in [6.45, 7) is 1.09. The van der Waals surface area contributed by atoms with Crippen LogP contribution in [0.2, 0.25) is 0 Å². The maximum absolute atomic E-state index is 13.2. The molecule has 6 N–H and O–H groups in total. The van der Waals surface area contributed by atoms with Gasteiger partial charge in [0.05, 0.1) is 12.5 Å². The first-order valence-corrected chi connectivity index (χ1v) is 11.8. The molecule has 11 nitrogen and oxygen atoms in total. The lowest BCUT2D eigenvalue weighted by atomic mass is 10.1. The zero-order valence-electron chi connectivity index (χ0n) is 17.6. The van der Waals surface area contributed by atoms with E-state index in [1.54, 1.807) is 11.8 Å². The maximum Gasteiger partial charge on any atom is 0.326 e. The molecular weight excluding hydrogens is 426 g/mol. The number of carbonyl (C=O) groups excluding carboxylic acids is 4. The Morgan fingerprint density at radius 1 is 1.13 bits per heavy atom. The Balaban J connectivity index is 2.07. The predicted molar refractivity (Wildman–Crippen MR) is 114 cm³/mol. The summed E-state index contributed by atoms with van der Waals surface area (Å²) in [4.78, 5) is 62.3. The molecule has 0 aromatic heterocycles. The molecule has 0 spiro atoms. The Morgan fingerprint density at radius 3 is 2.42 bits per heavy atom. The van der Waals surface area contributed by atoms with Crippen LogP contribution in [0.4, 0.5) is 0 Å². The Bertz CT molecular complexity index is 699. The molecule has 0 aromatic rings. The quantitative estimate of drug-likeness (QED) is 0.247. The first-order valence-electron chi connectivity index (χ1n) is 10.4. The zero-order chi connectivity index (χ0) is 23.0. The number of rotatable bonds is 11. The van der Waals surface area contributed by atoms with Crippen LogP contribution in [0.5, 0.6) is 0 Å². The van der Waals surface area contributed by atoms with E-state index in [9.17, 15) is 29.1 Å². The number of hydrogen-bond acceptors (Lipinski definition) is 7. The number of aliphatic carboxylic acids is 1.